The fourth-order valence-electron chi connectivity index (χ4n) is 1.16. The summed E-state index contributed by atoms with van der Waals surface area (Å²) in [6, 6.07) is 7.41. The Morgan fingerprint density at radius 1 is 1.18 bits per heavy atom. The molecule has 0 aliphatic rings. The van der Waals surface area contributed by atoms with Gasteiger partial charge in [-0.1, -0.05) is 0 Å². The Balaban J connectivity index is 2.94. The normalized spacial score (nSPS) is 12.2. The second kappa shape index (κ2) is 6.58. The van der Waals surface area contributed by atoms with E-state index in [1.807, 2.05) is 44.2 Å². The maximum atomic E-state index is 5.54. The summed E-state index contributed by atoms with van der Waals surface area (Å²) < 4.78 is 10.6. The molecule has 0 saturated carbocycles. The standard InChI is InChI=1S/C13H17NO3/c1-5-10(2)17-13(14-16-4)11-6-8-12(15-3)9-7-11/h5-9H,1-4H3/b10-5+,14-13+. The van der Waals surface area contributed by atoms with Crippen molar-refractivity contribution in [1.29, 1.82) is 0 Å². The average molecular weight is 235 g/mol. The highest BCUT2D eigenvalue weighted by Crippen LogP contribution is 2.14. The summed E-state index contributed by atoms with van der Waals surface area (Å²) >= 11 is 0. The third-order valence-corrected chi connectivity index (χ3v) is 2.18. The molecule has 0 aliphatic carbocycles. The zero-order valence-electron chi connectivity index (χ0n) is 10.6. The van der Waals surface area contributed by atoms with Crippen LogP contribution in [0.1, 0.15) is 19.4 Å². The van der Waals surface area contributed by atoms with E-state index in [0.29, 0.717) is 5.90 Å². The molecule has 0 amide bonds. The molecule has 92 valence electrons. The maximum absolute atomic E-state index is 5.54. The van der Waals surface area contributed by atoms with Crippen molar-refractivity contribution >= 4 is 5.90 Å². The van der Waals surface area contributed by atoms with Gasteiger partial charge in [-0.05, 0) is 49.3 Å². The monoisotopic (exact) mass is 235 g/mol. The maximum Gasteiger partial charge on any atom is 0.262 e. The van der Waals surface area contributed by atoms with Crippen LogP contribution < -0.4 is 4.74 Å². The van der Waals surface area contributed by atoms with Gasteiger partial charge in [-0.3, -0.25) is 0 Å². The summed E-state index contributed by atoms with van der Waals surface area (Å²) in [4.78, 5) is 4.76. The smallest absolute Gasteiger partial charge is 0.262 e. The van der Waals surface area contributed by atoms with E-state index in [1.165, 1.54) is 7.11 Å². The number of nitrogens with zero attached hydrogens (tertiary/aromatic N) is 1. The van der Waals surface area contributed by atoms with Crippen LogP contribution in [0.25, 0.3) is 0 Å². The molecule has 0 aliphatic heterocycles. The molecule has 0 saturated heterocycles. The molecule has 4 nitrogen and oxygen atoms in total. The minimum atomic E-state index is 0.422. The van der Waals surface area contributed by atoms with Crippen LogP contribution in [0.15, 0.2) is 41.3 Å². The van der Waals surface area contributed by atoms with Crippen molar-refractivity contribution in [2.75, 3.05) is 14.2 Å². The number of hydrogen-bond acceptors (Lipinski definition) is 4. The highest BCUT2D eigenvalue weighted by Gasteiger charge is 2.07. The molecule has 0 heterocycles. The van der Waals surface area contributed by atoms with E-state index in [0.717, 1.165) is 17.1 Å². The number of oxime groups is 1. The van der Waals surface area contributed by atoms with E-state index in [-0.39, 0.29) is 0 Å². The lowest BCUT2D eigenvalue weighted by atomic mass is 10.2. The average Bonchev–Trinajstić information content (AvgIpc) is 2.38. The zero-order valence-corrected chi connectivity index (χ0v) is 10.6. The lowest BCUT2D eigenvalue weighted by Crippen LogP contribution is -2.06. The zero-order chi connectivity index (χ0) is 12.7. The molecule has 1 aromatic rings. The van der Waals surface area contributed by atoms with Gasteiger partial charge in [-0.15, -0.1) is 0 Å². The highest BCUT2D eigenvalue weighted by molar-refractivity contribution is 5.94. The topological polar surface area (TPSA) is 40.0 Å². The van der Waals surface area contributed by atoms with Crippen LogP contribution >= 0.6 is 0 Å². The van der Waals surface area contributed by atoms with Gasteiger partial charge < -0.3 is 14.3 Å². The fraction of sp³-hybridized carbons (Fsp3) is 0.308. The predicted molar refractivity (Wildman–Crippen MR) is 67.1 cm³/mol. The van der Waals surface area contributed by atoms with Gasteiger partial charge in [0.2, 0.25) is 0 Å². The molecule has 0 fully saturated rings. The van der Waals surface area contributed by atoms with E-state index >= 15 is 0 Å². The lowest BCUT2D eigenvalue weighted by Gasteiger charge is -2.08. The minimum Gasteiger partial charge on any atom is -0.497 e. The molecule has 17 heavy (non-hydrogen) atoms. The molecule has 0 radical (unpaired) electrons. The number of hydrogen-bond donors (Lipinski definition) is 0. The van der Waals surface area contributed by atoms with Gasteiger partial charge in [0.25, 0.3) is 5.90 Å². The van der Waals surface area contributed by atoms with Crippen molar-refractivity contribution in [3.8, 4) is 5.75 Å². The number of allylic oxidation sites excluding steroid dienone is 2. The Kier molecular flexibility index (Phi) is 5.07. The molecular formula is C13H17NO3. The Hall–Kier alpha value is -1.97. The van der Waals surface area contributed by atoms with Gasteiger partial charge in [0.05, 0.1) is 12.9 Å². The molecule has 4 heteroatoms. The first-order chi connectivity index (χ1) is 8.21. The van der Waals surface area contributed by atoms with Crippen LogP contribution in [-0.4, -0.2) is 20.1 Å². The van der Waals surface area contributed by atoms with E-state index in [1.54, 1.807) is 7.11 Å². The van der Waals surface area contributed by atoms with Crippen LogP contribution in [0.5, 0.6) is 5.75 Å². The van der Waals surface area contributed by atoms with Crippen molar-refractivity contribution < 1.29 is 14.3 Å². The van der Waals surface area contributed by atoms with E-state index in [4.69, 9.17) is 14.3 Å². The van der Waals surface area contributed by atoms with Crippen LogP contribution in [0.2, 0.25) is 0 Å². The largest absolute Gasteiger partial charge is 0.497 e. The number of ether oxygens (including phenoxy) is 2. The summed E-state index contributed by atoms with van der Waals surface area (Å²) in [7, 11) is 3.11. The van der Waals surface area contributed by atoms with Crippen molar-refractivity contribution in [1.82, 2.24) is 0 Å². The Labute approximate surface area is 101 Å². The summed E-state index contributed by atoms with van der Waals surface area (Å²) in [6.07, 6.45) is 1.86. The SMILES string of the molecule is C/C=C(\C)O/C(=N/OC)c1ccc(OC)cc1. The second-order valence-corrected chi connectivity index (χ2v) is 3.31. The number of rotatable bonds is 4. The molecule has 0 aromatic heterocycles. The van der Waals surface area contributed by atoms with E-state index in [9.17, 15) is 0 Å². The van der Waals surface area contributed by atoms with E-state index < -0.39 is 0 Å². The number of methoxy groups -OCH3 is 1. The first-order valence-electron chi connectivity index (χ1n) is 5.27. The van der Waals surface area contributed by atoms with Crippen molar-refractivity contribution in [3.05, 3.63) is 41.7 Å². The molecule has 1 aromatic carbocycles. The third kappa shape index (κ3) is 3.83. The van der Waals surface area contributed by atoms with Crippen LogP contribution in [0.3, 0.4) is 0 Å². The summed E-state index contributed by atoms with van der Waals surface area (Å²) in [5.41, 5.74) is 0.828. The Morgan fingerprint density at radius 3 is 2.29 bits per heavy atom. The first-order valence-corrected chi connectivity index (χ1v) is 5.27. The molecule has 0 N–H and O–H groups in total. The van der Waals surface area contributed by atoms with E-state index in [2.05, 4.69) is 5.16 Å². The van der Waals surface area contributed by atoms with Crippen molar-refractivity contribution in [2.24, 2.45) is 5.16 Å². The van der Waals surface area contributed by atoms with Gasteiger partial charge in [-0.2, -0.15) is 0 Å². The van der Waals surface area contributed by atoms with Crippen LogP contribution in [0.4, 0.5) is 0 Å². The summed E-state index contributed by atoms with van der Waals surface area (Å²) in [6.45, 7) is 3.75. The Morgan fingerprint density at radius 2 is 1.82 bits per heavy atom. The van der Waals surface area contributed by atoms with Gasteiger partial charge in [-0.25, -0.2) is 0 Å². The lowest BCUT2D eigenvalue weighted by molar-refractivity contribution is 0.201. The number of benzene rings is 1. The van der Waals surface area contributed by atoms with Gasteiger partial charge in [0.15, 0.2) is 0 Å². The molecule has 0 atom stereocenters. The van der Waals surface area contributed by atoms with Gasteiger partial charge in [0.1, 0.15) is 12.9 Å². The first kappa shape index (κ1) is 13.1. The van der Waals surface area contributed by atoms with Crippen molar-refractivity contribution in [3.63, 3.8) is 0 Å². The molecule has 1 rings (SSSR count). The minimum absolute atomic E-state index is 0.422. The van der Waals surface area contributed by atoms with Crippen LogP contribution in [-0.2, 0) is 9.57 Å². The second-order valence-electron chi connectivity index (χ2n) is 3.31. The van der Waals surface area contributed by atoms with Crippen LogP contribution in [0, 0.1) is 0 Å². The predicted octanol–water partition coefficient (Wildman–Crippen LogP) is 2.94. The quantitative estimate of drug-likeness (QED) is 0.348. The Bertz CT molecular complexity index is 407. The van der Waals surface area contributed by atoms with Gasteiger partial charge >= 0.3 is 0 Å². The third-order valence-electron chi connectivity index (χ3n) is 2.18. The van der Waals surface area contributed by atoms with Crippen molar-refractivity contribution in [2.45, 2.75) is 13.8 Å². The molecule has 0 spiro atoms. The molecule has 0 unspecified atom stereocenters. The summed E-state index contributed by atoms with van der Waals surface area (Å²) in [5.74, 6) is 1.97. The molecule has 0 bridgehead atoms. The summed E-state index contributed by atoms with van der Waals surface area (Å²) in [5, 5.41) is 3.85. The fourth-order valence-corrected chi connectivity index (χ4v) is 1.16. The molecular weight excluding hydrogens is 218 g/mol. The highest BCUT2D eigenvalue weighted by atomic mass is 16.6. The van der Waals surface area contributed by atoms with Gasteiger partial charge in [0, 0.05) is 5.56 Å².